The van der Waals surface area contributed by atoms with Crippen LogP contribution in [0.25, 0.3) is 66.1 Å². The van der Waals surface area contributed by atoms with Crippen molar-refractivity contribution in [3.05, 3.63) is 144 Å². The predicted molar refractivity (Wildman–Crippen MR) is 180 cm³/mol. The van der Waals surface area contributed by atoms with Gasteiger partial charge in [0.15, 0.2) is 0 Å². The molecule has 0 fully saturated rings. The summed E-state index contributed by atoms with van der Waals surface area (Å²) in [6, 6.07) is 34.3. The van der Waals surface area contributed by atoms with Gasteiger partial charge in [0, 0.05) is 21.5 Å². The molecule has 2 heterocycles. The van der Waals surface area contributed by atoms with Crippen molar-refractivity contribution in [1.82, 2.24) is 9.13 Å². The summed E-state index contributed by atoms with van der Waals surface area (Å²) in [6.07, 6.45) is -9.36. The van der Waals surface area contributed by atoms with Gasteiger partial charge in [-0.1, -0.05) is 72.8 Å². The van der Waals surface area contributed by atoms with Gasteiger partial charge in [0.1, 0.15) is 11.6 Å². The van der Waals surface area contributed by atoms with Crippen LogP contribution >= 0.6 is 0 Å². The summed E-state index contributed by atoms with van der Waals surface area (Å²) >= 11 is 0. The van der Waals surface area contributed by atoms with Crippen LogP contribution in [0.15, 0.2) is 121 Å². The maximum atomic E-state index is 14.5. The largest absolute Gasteiger partial charge is 0.417 e. The van der Waals surface area contributed by atoms with E-state index in [4.69, 9.17) is 0 Å². The van der Waals surface area contributed by atoms with E-state index in [-0.39, 0.29) is 27.9 Å². The van der Waals surface area contributed by atoms with Crippen LogP contribution in [-0.2, 0) is 12.4 Å². The van der Waals surface area contributed by atoms with Crippen molar-refractivity contribution < 1.29 is 26.3 Å². The van der Waals surface area contributed by atoms with Crippen molar-refractivity contribution in [2.45, 2.75) is 19.3 Å². The molecular formula is C40H23F6N3. The molecule has 6 aromatic carbocycles. The topological polar surface area (TPSA) is 33.6 Å². The molecule has 49 heavy (non-hydrogen) atoms. The molecule has 0 unspecified atom stereocenters. The van der Waals surface area contributed by atoms with Crippen LogP contribution < -0.4 is 0 Å². The monoisotopic (exact) mass is 659 g/mol. The Bertz CT molecular complexity index is 2670. The molecule has 240 valence electrons. The first-order valence-electron chi connectivity index (χ1n) is 15.3. The SMILES string of the molecule is Cc1ccc2c3ccccc3n(-c3cc(-c4ccccc4C(F)(F)F)cc(-n4c5ccccc5c5ccc(C(F)(F)F)cc54)c3C#N)c2c1. The molecule has 8 rings (SSSR count). The van der Waals surface area contributed by atoms with E-state index in [0.717, 1.165) is 40.1 Å². The number of hydrogen-bond acceptors (Lipinski definition) is 1. The van der Waals surface area contributed by atoms with Crippen LogP contribution in [0, 0.1) is 18.3 Å². The second-order valence-electron chi connectivity index (χ2n) is 12.0. The second kappa shape index (κ2) is 10.8. The molecule has 0 spiro atoms. The number of aromatic nitrogens is 2. The minimum Gasteiger partial charge on any atom is -0.308 e. The molecule has 0 bridgehead atoms. The highest BCUT2D eigenvalue weighted by Crippen LogP contribution is 2.44. The van der Waals surface area contributed by atoms with E-state index in [0.29, 0.717) is 27.5 Å². The highest BCUT2D eigenvalue weighted by Gasteiger charge is 2.35. The zero-order chi connectivity index (χ0) is 34.2. The van der Waals surface area contributed by atoms with Crippen molar-refractivity contribution in [3.8, 4) is 28.6 Å². The van der Waals surface area contributed by atoms with Crippen molar-refractivity contribution >= 4 is 43.6 Å². The molecule has 0 aliphatic carbocycles. The highest BCUT2D eigenvalue weighted by atomic mass is 19.4. The third-order valence-corrected chi connectivity index (χ3v) is 9.06. The van der Waals surface area contributed by atoms with Crippen molar-refractivity contribution in [2.75, 3.05) is 0 Å². The Morgan fingerprint density at radius 1 is 0.531 bits per heavy atom. The van der Waals surface area contributed by atoms with Gasteiger partial charge in [-0.2, -0.15) is 31.6 Å². The van der Waals surface area contributed by atoms with E-state index in [1.807, 2.05) is 54.0 Å². The Morgan fingerprint density at radius 3 is 1.61 bits per heavy atom. The van der Waals surface area contributed by atoms with Crippen LogP contribution in [0.4, 0.5) is 26.3 Å². The maximum Gasteiger partial charge on any atom is 0.417 e. The van der Waals surface area contributed by atoms with Gasteiger partial charge < -0.3 is 9.13 Å². The van der Waals surface area contributed by atoms with Gasteiger partial charge in [-0.25, -0.2) is 0 Å². The van der Waals surface area contributed by atoms with Crippen LogP contribution in [0.3, 0.4) is 0 Å². The van der Waals surface area contributed by atoms with Crippen molar-refractivity contribution in [1.29, 1.82) is 5.26 Å². The standard InChI is InChI=1S/C40H23F6N3/c1-23-14-16-29-27-9-3-6-12-33(27)48(35(29)18-23)36-19-24(26-8-2-5-11-32(26)40(44,45)46)20-37(31(36)22-47)49-34-13-7-4-10-28(34)30-17-15-25(21-38(30)49)39(41,42)43/h2-21H,1H3. The Morgan fingerprint density at radius 2 is 1.04 bits per heavy atom. The molecule has 8 aromatic rings. The molecule has 9 heteroatoms. The minimum atomic E-state index is -4.71. The summed E-state index contributed by atoms with van der Waals surface area (Å²) in [4.78, 5) is 0. The van der Waals surface area contributed by atoms with Crippen molar-refractivity contribution in [2.24, 2.45) is 0 Å². The van der Waals surface area contributed by atoms with Gasteiger partial charge >= 0.3 is 12.4 Å². The molecule has 0 N–H and O–H groups in total. The minimum absolute atomic E-state index is 0.0810. The molecule has 0 saturated carbocycles. The Balaban J connectivity index is 1.59. The Kier molecular flexibility index (Phi) is 6.66. The number of fused-ring (bicyclic) bond motifs is 6. The lowest BCUT2D eigenvalue weighted by Crippen LogP contribution is -2.09. The second-order valence-corrected chi connectivity index (χ2v) is 12.0. The first-order chi connectivity index (χ1) is 23.5. The summed E-state index contributed by atoms with van der Waals surface area (Å²) < 4.78 is 89.2. The fourth-order valence-electron chi connectivity index (χ4n) is 6.96. The molecule has 0 radical (unpaired) electrons. The average Bonchev–Trinajstić information content (AvgIpc) is 3.58. The van der Waals surface area contributed by atoms with Crippen LogP contribution in [0.2, 0.25) is 0 Å². The average molecular weight is 660 g/mol. The van der Waals surface area contributed by atoms with Crippen LogP contribution in [0.5, 0.6) is 0 Å². The summed E-state index contributed by atoms with van der Waals surface area (Å²) in [7, 11) is 0. The number of alkyl halides is 6. The van der Waals surface area contributed by atoms with Crippen molar-refractivity contribution in [3.63, 3.8) is 0 Å². The quantitative estimate of drug-likeness (QED) is 0.174. The van der Waals surface area contributed by atoms with E-state index in [1.54, 1.807) is 34.9 Å². The Hall–Kier alpha value is -6.01. The Labute approximate surface area is 275 Å². The molecule has 0 aliphatic rings. The third-order valence-electron chi connectivity index (χ3n) is 9.06. The number of halogens is 6. The fourth-order valence-corrected chi connectivity index (χ4v) is 6.96. The van der Waals surface area contributed by atoms with Gasteiger partial charge in [-0.15, -0.1) is 0 Å². The summed E-state index contributed by atoms with van der Waals surface area (Å²) in [5, 5.41) is 13.8. The molecular weight excluding hydrogens is 636 g/mol. The molecule has 0 saturated heterocycles. The summed E-state index contributed by atoms with van der Waals surface area (Å²) in [5.41, 5.74) is 1.81. The molecule has 0 amide bonds. The van der Waals surface area contributed by atoms with E-state index in [2.05, 4.69) is 6.07 Å². The first-order valence-corrected chi connectivity index (χ1v) is 15.3. The van der Waals surface area contributed by atoms with Gasteiger partial charge in [0.2, 0.25) is 0 Å². The zero-order valence-electron chi connectivity index (χ0n) is 25.7. The predicted octanol–water partition coefficient (Wildman–Crippen LogP) is 11.8. The van der Waals surface area contributed by atoms with Gasteiger partial charge in [-0.05, 0) is 72.1 Å². The third kappa shape index (κ3) is 4.74. The lowest BCUT2D eigenvalue weighted by molar-refractivity contribution is -0.138. The normalized spacial score (nSPS) is 12.4. The highest BCUT2D eigenvalue weighted by molar-refractivity contribution is 6.11. The maximum absolute atomic E-state index is 14.5. The number of nitrogens with zero attached hydrogens (tertiary/aromatic N) is 3. The fraction of sp³-hybridized carbons (Fsp3) is 0.0750. The lowest BCUT2D eigenvalue weighted by Gasteiger charge is -2.20. The molecule has 0 atom stereocenters. The first kappa shape index (κ1) is 30.3. The number of rotatable bonds is 3. The summed E-state index contributed by atoms with van der Waals surface area (Å²) in [6.45, 7) is 1.92. The lowest BCUT2D eigenvalue weighted by atomic mass is 9.96. The van der Waals surface area contributed by atoms with Gasteiger partial charge in [0.25, 0.3) is 0 Å². The number of aryl methyl sites for hydroxylation is 1. The number of para-hydroxylation sites is 2. The van der Waals surface area contributed by atoms with E-state index >= 15 is 0 Å². The van der Waals surface area contributed by atoms with Crippen LogP contribution in [0.1, 0.15) is 22.3 Å². The molecule has 0 aliphatic heterocycles. The zero-order valence-corrected chi connectivity index (χ0v) is 25.7. The van der Waals surface area contributed by atoms with Gasteiger partial charge in [-0.3, -0.25) is 0 Å². The van der Waals surface area contributed by atoms with E-state index < -0.39 is 23.5 Å². The van der Waals surface area contributed by atoms with E-state index in [9.17, 15) is 31.6 Å². The number of benzene rings is 6. The number of nitriles is 1. The molecule has 3 nitrogen and oxygen atoms in total. The smallest absolute Gasteiger partial charge is 0.308 e. The summed E-state index contributed by atoms with van der Waals surface area (Å²) in [5.74, 6) is 0. The van der Waals surface area contributed by atoms with Gasteiger partial charge in [0.05, 0.1) is 44.6 Å². The number of hydrogen-bond donors (Lipinski definition) is 0. The van der Waals surface area contributed by atoms with Crippen LogP contribution in [-0.4, -0.2) is 9.13 Å². The molecule has 2 aromatic heterocycles. The van der Waals surface area contributed by atoms with E-state index in [1.165, 1.54) is 30.3 Å².